The Morgan fingerprint density at radius 3 is 2.53 bits per heavy atom. The number of thiophene rings is 2. The van der Waals surface area contributed by atoms with Gasteiger partial charge in [-0.3, -0.25) is 0 Å². The number of aryl methyl sites for hydroxylation is 2. The van der Waals surface area contributed by atoms with Gasteiger partial charge in [0, 0.05) is 20.3 Å². The van der Waals surface area contributed by atoms with Gasteiger partial charge in [0.25, 0.3) is 0 Å². The third kappa shape index (κ3) is 2.46. The van der Waals surface area contributed by atoms with E-state index < -0.39 is 0 Å². The molecule has 98 valence electrons. The summed E-state index contributed by atoms with van der Waals surface area (Å²) in [5.41, 5.74) is 10.5. The van der Waals surface area contributed by atoms with Gasteiger partial charge in [-0.2, -0.15) is 0 Å². The number of hydrogen-bond acceptors (Lipinski definition) is 3. The highest BCUT2D eigenvalue weighted by Crippen LogP contribution is 2.34. The zero-order valence-corrected chi connectivity index (χ0v) is 12.8. The Morgan fingerprint density at radius 1 is 1.11 bits per heavy atom. The smallest absolute Gasteiger partial charge is 0.0454 e. The lowest BCUT2D eigenvalue weighted by Crippen LogP contribution is -2.13. The predicted molar refractivity (Wildman–Crippen MR) is 86.3 cm³/mol. The van der Waals surface area contributed by atoms with Crippen LogP contribution in [0.3, 0.4) is 0 Å². The minimum Gasteiger partial charge on any atom is -0.323 e. The summed E-state index contributed by atoms with van der Waals surface area (Å²) in [7, 11) is 0. The molecule has 0 fully saturated rings. The van der Waals surface area contributed by atoms with Crippen molar-refractivity contribution in [1.29, 1.82) is 0 Å². The lowest BCUT2D eigenvalue weighted by atomic mass is 9.96. The summed E-state index contributed by atoms with van der Waals surface area (Å²) in [5.74, 6) is 0. The molecule has 0 aliphatic heterocycles. The molecule has 1 aromatic carbocycles. The topological polar surface area (TPSA) is 26.0 Å². The molecule has 1 atom stereocenters. The van der Waals surface area contributed by atoms with Gasteiger partial charge in [-0.15, -0.1) is 22.7 Å². The third-order valence-electron chi connectivity index (χ3n) is 3.59. The molecule has 0 radical (unpaired) electrons. The summed E-state index contributed by atoms with van der Waals surface area (Å²) in [5, 5.41) is 2.14. The van der Waals surface area contributed by atoms with Crippen molar-refractivity contribution in [2.24, 2.45) is 5.73 Å². The second-order valence-corrected chi connectivity index (χ2v) is 7.04. The van der Waals surface area contributed by atoms with Gasteiger partial charge < -0.3 is 5.73 Å². The van der Waals surface area contributed by atoms with E-state index in [4.69, 9.17) is 5.73 Å². The molecule has 0 saturated carbocycles. The fraction of sp³-hybridized carbons (Fsp3) is 0.250. The van der Waals surface area contributed by atoms with E-state index in [1.165, 1.54) is 31.0 Å². The molecule has 3 heteroatoms. The van der Waals surface area contributed by atoms with Crippen molar-refractivity contribution >= 4 is 32.1 Å². The molecular weight excluding hydrogens is 270 g/mol. The molecule has 2 aromatic heterocycles. The highest BCUT2D eigenvalue weighted by molar-refractivity contribution is 7.26. The summed E-state index contributed by atoms with van der Waals surface area (Å²) in [6.45, 7) is 4.34. The summed E-state index contributed by atoms with van der Waals surface area (Å²) in [6, 6.07) is 11.0. The van der Waals surface area contributed by atoms with Crippen LogP contribution in [0, 0.1) is 13.8 Å². The van der Waals surface area contributed by atoms with Gasteiger partial charge in [-0.1, -0.05) is 18.2 Å². The second kappa shape index (κ2) is 5.08. The number of fused-ring (bicyclic) bond motifs is 1. The Bertz CT molecular complexity index is 660. The van der Waals surface area contributed by atoms with E-state index in [0.29, 0.717) is 0 Å². The Hall–Kier alpha value is -1.16. The van der Waals surface area contributed by atoms with E-state index in [9.17, 15) is 0 Å². The standard InChI is InChI=1S/C16H17NS2/c1-10-4-3-5-11(2)12(10)8-13(17)15-9-16-14(19-15)6-7-18-16/h3-7,9,13H,8,17H2,1-2H3. The Labute approximate surface area is 121 Å². The molecule has 0 aliphatic rings. The molecule has 2 heterocycles. The normalized spacial score (nSPS) is 13.0. The minimum absolute atomic E-state index is 0.101. The minimum atomic E-state index is 0.101. The van der Waals surface area contributed by atoms with Crippen molar-refractivity contribution in [3.05, 3.63) is 57.3 Å². The molecule has 19 heavy (non-hydrogen) atoms. The SMILES string of the molecule is Cc1cccc(C)c1CC(N)c1cc2sccc2s1. The maximum absolute atomic E-state index is 6.40. The summed E-state index contributed by atoms with van der Waals surface area (Å²) in [4.78, 5) is 1.30. The molecule has 0 spiro atoms. The molecule has 3 aromatic rings. The Morgan fingerprint density at radius 2 is 1.84 bits per heavy atom. The monoisotopic (exact) mass is 287 g/mol. The zero-order valence-electron chi connectivity index (χ0n) is 11.1. The summed E-state index contributed by atoms with van der Waals surface area (Å²) < 4.78 is 2.72. The van der Waals surface area contributed by atoms with Gasteiger partial charge in [-0.05, 0) is 54.5 Å². The van der Waals surface area contributed by atoms with Crippen LogP contribution < -0.4 is 5.73 Å². The van der Waals surface area contributed by atoms with Gasteiger partial charge in [0.05, 0.1) is 0 Å². The van der Waals surface area contributed by atoms with Crippen LogP contribution in [-0.4, -0.2) is 0 Å². The molecule has 0 aliphatic carbocycles. The van der Waals surface area contributed by atoms with E-state index >= 15 is 0 Å². The van der Waals surface area contributed by atoms with Crippen LogP contribution in [0.1, 0.15) is 27.6 Å². The lowest BCUT2D eigenvalue weighted by Gasteiger charge is -2.14. The first-order chi connectivity index (χ1) is 9.15. The first-order valence-electron chi connectivity index (χ1n) is 6.43. The van der Waals surface area contributed by atoms with Crippen LogP contribution in [-0.2, 0) is 6.42 Å². The van der Waals surface area contributed by atoms with Crippen LogP contribution in [0.2, 0.25) is 0 Å². The van der Waals surface area contributed by atoms with Crippen LogP contribution in [0.25, 0.3) is 9.40 Å². The first kappa shape index (κ1) is 12.9. The highest BCUT2D eigenvalue weighted by Gasteiger charge is 2.13. The summed E-state index contributed by atoms with van der Waals surface area (Å²) >= 11 is 3.62. The molecular formula is C16H17NS2. The molecule has 2 N–H and O–H groups in total. The van der Waals surface area contributed by atoms with E-state index in [2.05, 4.69) is 49.6 Å². The zero-order chi connectivity index (χ0) is 13.4. The molecule has 0 saturated heterocycles. The quantitative estimate of drug-likeness (QED) is 0.734. The molecule has 1 nitrogen and oxygen atoms in total. The third-order valence-corrected chi connectivity index (χ3v) is 5.82. The van der Waals surface area contributed by atoms with Crippen molar-refractivity contribution in [2.45, 2.75) is 26.3 Å². The Balaban J connectivity index is 1.88. The molecule has 1 unspecified atom stereocenters. The van der Waals surface area contributed by atoms with Crippen LogP contribution in [0.5, 0.6) is 0 Å². The molecule has 3 rings (SSSR count). The highest BCUT2D eigenvalue weighted by atomic mass is 32.1. The van der Waals surface area contributed by atoms with Crippen LogP contribution >= 0.6 is 22.7 Å². The predicted octanol–water partition coefficient (Wildman–Crippen LogP) is 4.82. The van der Waals surface area contributed by atoms with Crippen molar-refractivity contribution in [3.63, 3.8) is 0 Å². The second-order valence-electron chi connectivity index (χ2n) is 4.98. The summed E-state index contributed by atoms with van der Waals surface area (Å²) in [6.07, 6.45) is 0.923. The average molecular weight is 287 g/mol. The fourth-order valence-electron chi connectivity index (χ4n) is 2.46. The van der Waals surface area contributed by atoms with Gasteiger partial charge in [0.2, 0.25) is 0 Å². The van der Waals surface area contributed by atoms with Gasteiger partial charge >= 0.3 is 0 Å². The van der Waals surface area contributed by atoms with E-state index in [0.717, 1.165) is 6.42 Å². The number of rotatable bonds is 3. The largest absolute Gasteiger partial charge is 0.323 e. The number of nitrogens with two attached hydrogens (primary N) is 1. The van der Waals surface area contributed by atoms with Gasteiger partial charge in [-0.25, -0.2) is 0 Å². The van der Waals surface area contributed by atoms with Crippen molar-refractivity contribution < 1.29 is 0 Å². The van der Waals surface area contributed by atoms with Crippen molar-refractivity contribution in [1.82, 2.24) is 0 Å². The molecule has 0 bridgehead atoms. The maximum atomic E-state index is 6.40. The van der Waals surface area contributed by atoms with E-state index in [1.807, 2.05) is 11.3 Å². The van der Waals surface area contributed by atoms with Gasteiger partial charge in [0.15, 0.2) is 0 Å². The number of hydrogen-bond donors (Lipinski definition) is 1. The Kier molecular flexibility index (Phi) is 3.44. The maximum Gasteiger partial charge on any atom is 0.0454 e. The van der Waals surface area contributed by atoms with E-state index in [1.54, 1.807) is 11.3 Å². The van der Waals surface area contributed by atoms with Crippen LogP contribution in [0.15, 0.2) is 35.7 Å². The average Bonchev–Trinajstić information content (AvgIpc) is 2.94. The number of benzene rings is 1. The van der Waals surface area contributed by atoms with Crippen LogP contribution in [0.4, 0.5) is 0 Å². The van der Waals surface area contributed by atoms with E-state index in [-0.39, 0.29) is 6.04 Å². The first-order valence-corrected chi connectivity index (χ1v) is 8.12. The van der Waals surface area contributed by atoms with Gasteiger partial charge in [0.1, 0.15) is 0 Å². The molecule has 0 amide bonds. The van der Waals surface area contributed by atoms with Crippen molar-refractivity contribution in [3.8, 4) is 0 Å². The van der Waals surface area contributed by atoms with Crippen molar-refractivity contribution in [2.75, 3.05) is 0 Å². The lowest BCUT2D eigenvalue weighted by molar-refractivity contribution is 0.730. The fourth-order valence-corrected chi connectivity index (χ4v) is 4.58.